The third-order valence-corrected chi connectivity index (χ3v) is 2.99. The molecule has 6 heteroatoms. The number of nitrogens with two attached hydrogens (primary N) is 1. The highest BCUT2D eigenvalue weighted by Gasteiger charge is 2.16. The standard InChI is InChI=1S/C13H18N2O3S/c1-4-9(12(14)19)15-13(16)8-5-6-10(17-2)11(7-8)18-3/h5-7,9H,4H2,1-3H3,(H2,14,19)(H,15,16). The van der Waals surface area contributed by atoms with Crippen molar-refractivity contribution in [2.75, 3.05) is 14.2 Å². The molecule has 3 N–H and O–H groups in total. The van der Waals surface area contributed by atoms with Crippen LogP contribution in [0.15, 0.2) is 18.2 Å². The Balaban J connectivity index is 2.91. The largest absolute Gasteiger partial charge is 0.493 e. The summed E-state index contributed by atoms with van der Waals surface area (Å²) in [6.07, 6.45) is 0.647. The molecule has 0 fully saturated rings. The van der Waals surface area contributed by atoms with Gasteiger partial charge in [-0.2, -0.15) is 0 Å². The van der Waals surface area contributed by atoms with Crippen LogP contribution >= 0.6 is 12.2 Å². The maximum absolute atomic E-state index is 12.1. The van der Waals surface area contributed by atoms with E-state index in [1.165, 1.54) is 14.2 Å². The Morgan fingerprint density at radius 2 is 2.00 bits per heavy atom. The van der Waals surface area contributed by atoms with Gasteiger partial charge >= 0.3 is 0 Å². The van der Waals surface area contributed by atoms with Crippen molar-refractivity contribution in [2.24, 2.45) is 5.73 Å². The number of hydrogen-bond acceptors (Lipinski definition) is 4. The Kier molecular flexibility index (Phi) is 5.57. The molecule has 1 atom stereocenters. The molecule has 0 aromatic heterocycles. The second-order valence-electron chi connectivity index (χ2n) is 3.91. The quantitative estimate of drug-likeness (QED) is 0.774. The molecule has 0 radical (unpaired) electrons. The van der Waals surface area contributed by atoms with Crippen LogP contribution in [0.25, 0.3) is 0 Å². The van der Waals surface area contributed by atoms with Gasteiger partial charge in [0.2, 0.25) is 0 Å². The van der Waals surface area contributed by atoms with Crippen LogP contribution in [0.1, 0.15) is 23.7 Å². The molecular formula is C13H18N2O3S. The fourth-order valence-electron chi connectivity index (χ4n) is 1.59. The molecule has 1 amide bonds. The monoisotopic (exact) mass is 282 g/mol. The van der Waals surface area contributed by atoms with Crippen molar-refractivity contribution in [3.63, 3.8) is 0 Å². The molecule has 1 rings (SSSR count). The summed E-state index contributed by atoms with van der Waals surface area (Å²) in [5.41, 5.74) is 6.01. The summed E-state index contributed by atoms with van der Waals surface area (Å²) in [6.45, 7) is 1.90. The number of rotatable bonds is 6. The maximum Gasteiger partial charge on any atom is 0.251 e. The molecule has 0 spiro atoms. The summed E-state index contributed by atoms with van der Waals surface area (Å²) in [5, 5.41) is 2.77. The van der Waals surface area contributed by atoms with E-state index in [-0.39, 0.29) is 16.9 Å². The van der Waals surface area contributed by atoms with Crippen molar-refractivity contribution in [1.82, 2.24) is 5.32 Å². The third kappa shape index (κ3) is 3.82. The van der Waals surface area contributed by atoms with E-state index in [1.807, 2.05) is 6.92 Å². The summed E-state index contributed by atoms with van der Waals surface area (Å²) in [5.74, 6) is 0.819. The SMILES string of the molecule is CCC(NC(=O)c1ccc(OC)c(OC)c1)C(N)=S. The fraction of sp³-hybridized carbons (Fsp3) is 0.385. The second-order valence-corrected chi connectivity index (χ2v) is 4.38. The zero-order valence-corrected chi connectivity index (χ0v) is 12.0. The first-order valence-corrected chi connectivity index (χ1v) is 6.26. The number of hydrogen-bond donors (Lipinski definition) is 2. The second kappa shape index (κ2) is 6.94. The molecule has 0 heterocycles. The smallest absolute Gasteiger partial charge is 0.251 e. The number of thiocarbonyl (C=S) groups is 1. The van der Waals surface area contributed by atoms with E-state index in [1.54, 1.807) is 18.2 Å². The lowest BCUT2D eigenvalue weighted by atomic mass is 10.1. The van der Waals surface area contributed by atoms with Crippen LogP contribution in [0.2, 0.25) is 0 Å². The molecule has 1 unspecified atom stereocenters. The average Bonchev–Trinajstić information content (AvgIpc) is 2.43. The van der Waals surface area contributed by atoms with Gasteiger partial charge in [-0.15, -0.1) is 0 Å². The summed E-state index contributed by atoms with van der Waals surface area (Å²) in [4.78, 5) is 12.3. The first-order chi connectivity index (χ1) is 9.03. The number of nitrogens with one attached hydrogen (secondary N) is 1. The Bertz CT molecular complexity index is 477. The van der Waals surface area contributed by atoms with Gasteiger partial charge in [0.25, 0.3) is 5.91 Å². The average molecular weight is 282 g/mol. The Morgan fingerprint density at radius 3 is 2.47 bits per heavy atom. The molecular weight excluding hydrogens is 264 g/mol. The first kappa shape index (κ1) is 15.2. The Labute approximate surface area is 118 Å². The molecule has 1 aromatic rings. The summed E-state index contributed by atoms with van der Waals surface area (Å²) < 4.78 is 10.3. The Hall–Kier alpha value is -1.82. The van der Waals surface area contributed by atoms with Gasteiger partial charge in [0, 0.05) is 5.56 Å². The highest BCUT2D eigenvalue weighted by molar-refractivity contribution is 7.80. The van der Waals surface area contributed by atoms with E-state index < -0.39 is 0 Å². The van der Waals surface area contributed by atoms with E-state index in [0.717, 1.165) is 0 Å². The van der Waals surface area contributed by atoms with E-state index in [2.05, 4.69) is 5.32 Å². The molecule has 0 aliphatic heterocycles. The van der Waals surface area contributed by atoms with Crippen molar-refractivity contribution >= 4 is 23.1 Å². The molecule has 5 nitrogen and oxygen atoms in total. The maximum atomic E-state index is 12.1. The lowest BCUT2D eigenvalue weighted by Gasteiger charge is -2.16. The minimum Gasteiger partial charge on any atom is -0.493 e. The Morgan fingerprint density at radius 1 is 1.37 bits per heavy atom. The number of carbonyl (C=O) groups is 1. The number of amides is 1. The molecule has 19 heavy (non-hydrogen) atoms. The summed E-state index contributed by atoms with van der Waals surface area (Å²) in [6, 6.07) is 4.63. The van der Waals surface area contributed by atoms with E-state index in [9.17, 15) is 4.79 Å². The number of carbonyl (C=O) groups excluding carboxylic acids is 1. The van der Waals surface area contributed by atoms with Crippen LogP contribution in [0.3, 0.4) is 0 Å². The van der Waals surface area contributed by atoms with Crippen LogP contribution in [0.5, 0.6) is 11.5 Å². The molecule has 0 aliphatic rings. The minimum atomic E-state index is -0.310. The summed E-state index contributed by atoms with van der Waals surface area (Å²) >= 11 is 4.89. The number of ether oxygens (including phenoxy) is 2. The highest BCUT2D eigenvalue weighted by Crippen LogP contribution is 2.27. The molecule has 0 saturated carbocycles. The van der Waals surface area contributed by atoms with Crippen molar-refractivity contribution < 1.29 is 14.3 Å². The van der Waals surface area contributed by atoms with Crippen molar-refractivity contribution in [3.8, 4) is 11.5 Å². The van der Waals surface area contributed by atoms with Gasteiger partial charge in [-0.3, -0.25) is 4.79 Å². The van der Waals surface area contributed by atoms with Gasteiger partial charge in [0.15, 0.2) is 11.5 Å². The van der Waals surface area contributed by atoms with Gasteiger partial charge in [0.05, 0.1) is 25.2 Å². The topological polar surface area (TPSA) is 73.6 Å². The van der Waals surface area contributed by atoms with Gasteiger partial charge < -0.3 is 20.5 Å². The number of benzene rings is 1. The number of methoxy groups -OCH3 is 2. The van der Waals surface area contributed by atoms with Crippen molar-refractivity contribution in [3.05, 3.63) is 23.8 Å². The zero-order chi connectivity index (χ0) is 14.4. The predicted octanol–water partition coefficient (Wildman–Crippen LogP) is 1.50. The van der Waals surface area contributed by atoms with Crippen LogP contribution < -0.4 is 20.5 Å². The minimum absolute atomic E-state index is 0.249. The highest BCUT2D eigenvalue weighted by atomic mass is 32.1. The third-order valence-electron chi connectivity index (χ3n) is 2.70. The van der Waals surface area contributed by atoms with Crippen LogP contribution in [-0.4, -0.2) is 31.2 Å². The van der Waals surface area contributed by atoms with E-state index in [0.29, 0.717) is 23.5 Å². The van der Waals surface area contributed by atoms with Gasteiger partial charge in [-0.05, 0) is 24.6 Å². The lowest BCUT2D eigenvalue weighted by molar-refractivity contribution is 0.0946. The first-order valence-electron chi connectivity index (χ1n) is 5.85. The summed E-state index contributed by atoms with van der Waals surface area (Å²) in [7, 11) is 3.06. The van der Waals surface area contributed by atoms with Crippen LogP contribution in [-0.2, 0) is 0 Å². The predicted molar refractivity (Wildman–Crippen MR) is 77.9 cm³/mol. The molecule has 0 bridgehead atoms. The van der Waals surface area contributed by atoms with Crippen molar-refractivity contribution in [2.45, 2.75) is 19.4 Å². The molecule has 1 aromatic carbocycles. The van der Waals surface area contributed by atoms with Crippen LogP contribution in [0.4, 0.5) is 0 Å². The zero-order valence-electron chi connectivity index (χ0n) is 11.2. The van der Waals surface area contributed by atoms with E-state index in [4.69, 9.17) is 27.4 Å². The van der Waals surface area contributed by atoms with Gasteiger partial charge in [-0.25, -0.2) is 0 Å². The fourth-order valence-corrected chi connectivity index (χ4v) is 1.82. The lowest BCUT2D eigenvalue weighted by Crippen LogP contribution is -2.42. The molecule has 0 saturated heterocycles. The normalized spacial score (nSPS) is 11.5. The van der Waals surface area contributed by atoms with Crippen molar-refractivity contribution in [1.29, 1.82) is 0 Å². The van der Waals surface area contributed by atoms with Gasteiger partial charge in [0.1, 0.15) is 0 Å². The van der Waals surface area contributed by atoms with Crippen LogP contribution in [0, 0.1) is 0 Å². The molecule has 104 valence electrons. The van der Waals surface area contributed by atoms with Gasteiger partial charge in [-0.1, -0.05) is 19.1 Å². The molecule has 0 aliphatic carbocycles. The van der Waals surface area contributed by atoms with E-state index >= 15 is 0 Å².